The van der Waals surface area contributed by atoms with Gasteiger partial charge in [-0.1, -0.05) is 24.3 Å². The second-order valence-corrected chi connectivity index (χ2v) is 11.2. The first-order valence-electron chi connectivity index (χ1n) is 14.8. The summed E-state index contributed by atoms with van der Waals surface area (Å²) in [6.45, 7) is 10.6. The molecule has 1 aromatic carbocycles. The standard InChI is InChI=1S/C33H38N4O5/c1-4-41-32-27(33(38)39)17-34-37(32)30-10-6-9-29(35-30)26-8-5-7-21(2)31(26)42-20-23-15-22(3)28-19-36(18-24(28)16-23)25-11-13-40-14-12-25/h6,8-10,15-17,25H,4-5,7,11-14,18-20H2,1-3H3,(H,38,39). The summed E-state index contributed by atoms with van der Waals surface area (Å²) in [5, 5.41) is 13.8. The second kappa shape index (κ2) is 12.1. The fourth-order valence-electron chi connectivity index (χ4n) is 6.27. The first-order valence-corrected chi connectivity index (χ1v) is 14.8. The molecule has 1 aliphatic carbocycles. The highest BCUT2D eigenvalue weighted by atomic mass is 16.5. The Kier molecular flexibility index (Phi) is 8.13. The van der Waals surface area contributed by atoms with Gasteiger partial charge in [-0.05, 0) is 86.4 Å². The molecule has 0 amide bonds. The summed E-state index contributed by atoms with van der Waals surface area (Å²) in [4.78, 5) is 19.2. The largest absolute Gasteiger partial charge is 0.488 e. The molecule has 0 radical (unpaired) electrons. The van der Waals surface area contributed by atoms with Crippen molar-refractivity contribution in [3.63, 3.8) is 0 Å². The van der Waals surface area contributed by atoms with Crippen LogP contribution in [-0.4, -0.2) is 56.6 Å². The molecule has 42 heavy (non-hydrogen) atoms. The van der Waals surface area contributed by atoms with Crippen LogP contribution in [0.1, 0.15) is 77.8 Å². The highest BCUT2D eigenvalue weighted by Crippen LogP contribution is 2.35. The Morgan fingerprint density at radius 1 is 1.14 bits per heavy atom. The van der Waals surface area contributed by atoms with Gasteiger partial charge in [-0.25, -0.2) is 9.78 Å². The number of rotatable bonds is 9. The number of carboxylic acids is 1. The van der Waals surface area contributed by atoms with Crippen molar-refractivity contribution in [1.82, 2.24) is 19.7 Å². The first-order chi connectivity index (χ1) is 20.4. The first kappa shape index (κ1) is 28.2. The van der Waals surface area contributed by atoms with Gasteiger partial charge in [-0.2, -0.15) is 9.78 Å². The van der Waals surface area contributed by atoms with E-state index >= 15 is 0 Å². The van der Waals surface area contributed by atoms with Crippen molar-refractivity contribution in [3.05, 3.63) is 87.4 Å². The summed E-state index contributed by atoms with van der Waals surface area (Å²) in [7, 11) is 0. The molecule has 0 saturated carbocycles. The number of benzene rings is 1. The number of aryl methyl sites for hydroxylation is 1. The maximum Gasteiger partial charge on any atom is 0.342 e. The zero-order valence-electron chi connectivity index (χ0n) is 24.6. The summed E-state index contributed by atoms with van der Waals surface area (Å²) in [6, 6.07) is 10.8. The summed E-state index contributed by atoms with van der Waals surface area (Å²) in [6.07, 6.45) is 7.50. The van der Waals surface area contributed by atoms with Crippen LogP contribution in [0.5, 0.6) is 5.88 Å². The molecule has 2 aromatic heterocycles. The van der Waals surface area contributed by atoms with Gasteiger partial charge in [-0.3, -0.25) is 4.90 Å². The number of nitrogens with zero attached hydrogens (tertiary/aromatic N) is 4. The lowest BCUT2D eigenvalue weighted by Crippen LogP contribution is -2.35. The number of carboxylic acid groups (broad SMARTS) is 1. The van der Waals surface area contributed by atoms with E-state index < -0.39 is 5.97 Å². The Morgan fingerprint density at radius 3 is 2.76 bits per heavy atom. The van der Waals surface area contributed by atoms with Crippen LogP contribution in [0, 0.1) is 6.92 Å². The van der Waals surface area contributed by atoms with Gasteiger partial charge in [-0.15, -0.1) is 0 Å². The monoisotopic (exact) mass is 570 g/mol. The van der Waals surface area contributed by atoms with E-state index in [0.717, 1.165) is 69.0 Å². The van der Waals surface area contributed by atoms with E-state index in [0.29, 0.717) is 25.1 Å². The Hall–Kier alpha value is -3.95. The van der Waals surface area contributed by atoms with E-state index in [1.807, 2.05) is 19.1 Å². The molecular formula is C33H38N4O5. The van der Waals surface area contributed by atoms with Crippen LogP contribution in [0.3, 0.4) is 0 Å². The average Bonchev–Trinajstić information content (AvgIpc) is 3.62. The fraction of sp³-hybridized carbons (Fsp3) is 0.424. The molecule has 0 spiro atoms. The molecule has 6 rings (SSSR count). The topological polar surface area (TPSA) is 98.9 Å². The number of ether oxygens (including phenoxy) is 3. The van der Waals surface area contributed by atoms with Crippen molar-refractivity contribution in [2.24, 2.45) is 0 Å². The third-order valence-corrected chi connectivity index (χ3v) is 8.41. The van der Waals surface area contributed by atoms with Crippen molar-refractivity contribution in [3.8, 4) is 11.7 Å². The van der Waals surface area contributed by atoms with Gasteiger partial charge in [0.1, 0.15) is 17.9 Å². The van der Waals surface area contributed by atoms with Gasteiger partial charge < -0.3 is 19.3 Å². The van der Waals surface area contributed by atoms with E-state index in [2.05, 4.69) is 42.1 Å². The molecule has 9 nitrogen and oxygen atoms in total. The number of allylic oxidation sites excluding steroid dienone is 3. The zero-order valence-corrected chi connectivity index (χ0v) is 24.6. The van der Waals surface area contributed by atoms with Crippen LogP contribution in [0.25, 0.3) is 11.4 Å². The molecule has 0 bridgehead atoms. The van der Waals surface area contributed by atoms with E-state index in [9.17, 15) is 9.90 Å². The normalized spacial score (nSPS) is 17.7. The lowest BCUT2D eigenvalue weighted by atomic mass is 9.95. The minimum Gasteiger partial charge on any atom is -0.488 e. The third kappa shape index (κ3) is 5.58. The number of hydrogen-bond acceptors (Lipinski definition) is 7. The number of carbonyl (C=O) groups is 1. The maximum absolute atomic E-state index is 11.7. The van der Waals surface area contributed by atoms with Crippen molar-refractivity contribution in [1.29, 1.82) is 0 Å². The lowest BCUT2D eigenvalue weighted by Gasteiger charge is -2.30. The van der Waals surface area contributed by atoms with Crippen LogP contribution in [0.15, 0.2) is 53.9 Å². The second-order valence-electron chi connectivity index (χ2n) is 11.2. The van der Waals surface area contributed by atoms with Crippen molar-refractivity contribution in [2.75, 3.05) is 19.8 Å². The van der Waals surface area contributed by atoms with Crippen LogP contribution < -0.4 is 4.74 Å². The van der Waals surface area contributed by atoms with E-state index in [1.165, 1.54) is 38.7 Å². The minimum atomic E-state index is -1.09. The quantitative estimate of drug-likeness (QED) is 0.343. The zero-order chi connectivity index (χ0) is 29.2. The smallest absolute Gasteiger partial charge is 0.342 e. The molecule has 1 saturated heterocycles. The predicted octanol–water partition coefficient (Wildman–Crippen LogP) is 5.84. The molecule has 3 aromatic rings. The minimum absolute atomic E-state index is 0.00113. The van der Waals surface area contributed by atoms with E-state index in [-0.39, 0.29) is 11.4 Å². The van der Waals surface area contributed by atoms with Crippen LogP contribution in [0.4, 0.5) is 0 Å². The van der Waals surface area contributed by atoms with Crippen LogP contribution >= 0.6 is 0 Å². The number of pyridine rings is 1. The molecular weight excluding hydrogens is 532 g/mol. The third-order valence-electron chi connectivity index (χ3n) is 8.41. The highest BCUT2D eigenvalue weighted by Gasteiger charge is 2.29. The SMILES string of the molecule is CCOc1c(C(=O)O)cnn1-c1cccc(C2=CCCC(C)=C2OCc2cc(C)c3c(c2)CN(C2CCOCC2)C3)n1. The molecule has 220 valence electrons. The molecule has 0 unspecified atom stereocenters. The maximum atomic E-state index is 11.7. The van der Waals surface area contributed by atoms with Crippen molar-refractivity contribution >= 4 is 11.5 Å². The predicted molar refractivity (Wildman–Crippen MR) is 158 cm³/mol. The Labute approximate surface area is 246 Å². The number of hydrogen-bond donors (Lipinski definition) is 1. The number of aromatic nitrogens is 3. The average molecular weight is 571 g/mol. The van der Waals surface area contributed by atoms with Gasteiger partial charge in [0, 0.05) is 37.9 Å². The van der Waals surface area contributed by atoms with Crippen molar-refractivity contribution < 1.29 is 24.1 Å². The van der Waals surface area contributed by atoms with Gasteiger partial charge in [0.25, 0.3) is 0 Å². The Morgan fingerprint density at radius 2 is 1.98 bits per heavy atom. The molecule has 4 heterocycles. The summed E-state index contributed by atoms with van der Waals surface area (Å²) in [5.41, 5.74) is 8.23. The fourth-order valence-corrected chi connectivity index (χ4v) is 6.27. The molecule has 0 atom stereocenters. The summed E-state index contributed by atoms with van der Waals surface area (Å²) in [5.74, 6) is 0.404. The molecule has 1 N–H and O–H groups in total. The van der Waals surface area contributed by atoms with Gasteiger partial charge in [0.15, 0.2) is 5.82 Å². The van der Waals surface area contributed by atoms with E-state index in [1.54, 1.807) is 6.07 Å². The van der Waals surface area contributed by atoms with Crippen molar-refractivity contribution in [2.45, 2.75) is 72.2 Å². The highest BCUT2D eigenvalue weighted by molar-refractivity contribution is 5.90. The van der Waals surface area contributed by atoms with Gasteiger partial charge in [0.05, 0.1) is 18.5 Å². The van der Waals surface area contributed by atoms with Crippen LogP contribution in [-0.2, 0) is 29.2 Å². The number of fused-ring (bicyclic) bond motifs is 1. The molecule has 2 aliphatic heterocycles. The molecule has 3 aliphatic rings. The Balaban J connectivity index is 1.22. The summed E-state index contributed by atoms with van der Waals surface area (Å²) >= 11 is 0. The van der Waals surface area contributed by atoms with E-state index in [4.69, 9.17) is 19.2 Å². The summed E-state index contributed by atoms with van der Waals surface area (Å²) < 4.78 is 19.2. The van der Waals surface area contributed by atoms with Gasteiger partial charge >= 0.3 is 5.97 Å². The number of aromatic carboxylic acids is 1. The molecule has 9 heteroatoms. The van der Waals surface area contributed by atoms with Gasteiger partial charge in [0.2, 0.25) is 5.88 Å². The molecule has 1 fully saturated rings. The Bertz CT molecular complexity index is 1550. The van der Waals surface area contributed by atoms with Crippen LogP contribution in [0.2, 0.25) is 0 Å². The lowest BCUT2D eigenvalue weighted by molar-refractivity contribution is 0.0325.